The van der Waals surface area contributed by atoms with Crippen LogP contribution in [0, 0.1) is 11.3 Å². The minimum atomic E-state index is -0.151. The summed E-state index contributed by atoms with van der Waals surface area (Å²) in [6.07, 6.45) is 2.93. The molecule has 1 amide bonds. The van der Waals surface area contributed by atoms with Gasteiger partial charge >= 0.3 is 0 Å². The van der Waals surface area contributed by atoms with Gasteiger partial charge in [-0.2, -0.15) is 5.26 Å². The summed E-state index contributed by atoms with van der Waals surface area (Å²) >= 11 is 0. The molecule has 0 spiro atoms. The minimum Gasteiger partial charge on any atom is -0.478 e. The van der Waals surface area contributed by atoms with Crippen LogP contribution in [-0.4, -0.2) is 25.1 Å². The number of hydrogen-bond acceptors (Lipinski definition) is 4. The molecule has 1 aliphatic heterocycles. The van der Waals surface area contributed by atoms with Gasteiger partial charge in [-0.25, -0.2) is 0 Å². The van der Waals surface area contributed by atoms with Crippen molar-refractivity contribution in [3.63, 3.8) is 0 Å². The molecule has 0 saturated carbocycles. The van der Waals surface area contributed by atoms with Gasteiger partial charge in [-0.05, 0) is 25.3 Å². The molecule has 1 atom stereocenters. The van der Waals surface area contributed by atoms with Crippen molar-refractivity contribution in [3.8, 4) is 11.8 Å². The molecular formula is C15H19N3O2. The van der Waals surface area contributed by atoms with E-state index in [1.807, 2.05) is 30.3 Å². The van der Waals surface area contributed by atoms with Crippen molar-refractivity contribution in [2.45, 2.75) is 31.8 Å². The van der Waals surface area contributed by atoms with Crippen LogP contribution in [0.4, 0.5) is 0 Å². The van der Waals surface area contributed by atoms with E-state index in [1.165, 1.54) is 0 Å². The lowest BCUT2D eigenvalue weighted by Crippen LogP contribution is -2.42. The maximum atomic E-state index is 11.8. The first-order valence-electron chi connectivity index (χ1n) is 6.90. The minimum absolute atomic E-state index is 0.0287. The fourth-order valence-corrected chi connectivity index (χ4v) is 2.27. The number of nitriles is 1. The van der Waals surface area contributed by atoms with Gasteiger partial charge in [0, 0.05) is 18.7 Å². The van der Waals surface area contributed by atoms with Crippen molar-refractivity contribution >= 4 is 5.91 Å². The van der Waals surface area contributed by atoms with E-state index in [1.54, 1.807) is 0 Å². The van der Waals surface area contributed by atoms with E-state index < -0.39 is 0 Å². The third-order valence-electron chi connectivity index (χ3n) is 3.34. The van der Waals surface area contributed by atoms with Gasteiger partial charge in [-0.15, -0.1) is 0 Å². The molecule has 2 N–H and O–H groups in total. The van der Waals surface area contributed by atoms with Crippen molar-refractivity contribution in [1.29, 1.82) is 5.26 Å². The largest absolute Gasteiger partial charge is 0.478 e. The van der Waals surface area contributed by atoms with Crippen LogP contribution < -0.4 is 15.4 Å². The van der Waals surface area contributed by atoms with Gasteiger partial charge in [0.05, 0.1) is 6.04 Å². The first-order chi connectivity index (χ1) is 9.81. The summed E-state index contributed by atoms with van der Waals surface area (Å²) in [4.78, 5) is 11.8. The molecule has 20 heavy (non-hydrogen) atoms. The molecule has 5 nitrogen and oxygen atoms in total. The molecule has 1 saturated heterocycles. The molecule has 1 aliphatic rings. The molecule has 1 unspecified atom stereocenters. The lowest BCUT2D eigenvalue weighted by molar-refractivity contribution is -0.122. The molecule has 1 aromatic carbocycles. The van der Waals surface area contributed by atoms with Crippen molar-refractivity contribution in [3.05, 3.63) is 29.8 Å². The van der Waals surface area contributed by atoms with E-state index in [4.69, 9.17) is 10.00 Å². The van der Waals surface area contributed by atoms with Gasteiger partial charge in [0.25, 0.3) is 0 Å². The predicted molar refractivity (Wildman–Crippen MR) is 75.0 cm³/mol. The van der Waals surface area contributed by atoms with Crippen LogP contribution in [0.5, 0.6) is 5.75 Å². The summed E-state index contributed by atoms with van der Waals surface area (Å²) in [6, 6.07) is 9.37. The molecule has 1 heterocycles. The number of ether oxygens (including phenoxy) is 1. The molecule has 106 valence electrons. The van der Waals surface area contributed by atoms with E-state index in [0.717, 1.165) is 31.4 Å². The first kappa shape index (κ1) is 14.4. The first-order valence-corrected chi connectivity index (χ1v) is 6.90. The Bertz CT molecular complexity index is 496. The number of nitrogens with zero attached hydrogens (tertiary/aromatic N) is 1. The lowest BCUT2D eigenvalue weighted by atomic mass is 10.1. The van der Waals surface area contributed by atoms with Gasteiger partial charge in [0.1, 0.15) is 11.8 Å². The third kappa shape index (κ3) is 3.97. The highest BCUT2D eigenvalue weighted by Crippen LogP contribution is 2.18. The zero-order chi connectivity index (χ0) is 14.2. The maximum Gasteiger partial charge on any atom is 0.237 e. The SMILES string of the molecule is N#CCOc1ccccc1CNC1CCCCNC1=O. The second-order valence-electron chi connectivity index (χ2n) is 4.77. The van der Waals surface area contributed by atoms with E-state index in [0.29, 0.717) is 12.3 Å². The van der Waals surface area contributed by atoms with Crippen LogP contribution in [-0.2, 0) is 11.3 Å². The zero-order valence-electron chi connectivity index (χ0n) is 11.4. The Morgan fingerprint density at radius 1 is 1.40 bits per heavy atom. The van der Waals surface area contributed by atoms with E-state index in [-0.39, 0.29) is 18.6 Å². The Morgan fingerprint density at radius 3 is 3.10 bits per heavy atom. The van der Waals surface area contributed by atoms with Crippen molar-refractivity contribution in [2.24, 2.45) is 0 Å². The highest BCUT2D eigenvalue weighted by molar-refractivity contribution is 5.81. The molecule has 0 aliphatic carbocycles. The summed E-state index contributed by atoms with van der Waals surface area (Å²) in [7, 11) is 0. The van der Waals surface area contributed by atoms with E-state index in [2.05, 4.69) is 10.6 Å². The lowest BCUT2D eigenvalue weighted by Gasteiger charge is -2.16. The number of hydrogen-bond donors (Lipinski definition) is 2. The van der Waals surface area contributed by atoms with E-state index >= 15 is 0 Å². The summed E-state index contributed by atoms with van der Waals surface area (Å²) in [5.74, 6) is 0.758. The molecule has 1 fully saturated rings. The third-order valence-corrected chi connectivity index (χ3v) is 3.34. The topological polar surface area (TPSA) is 74.2 Å². The van der Waals surface area contributed by atoms with Crippen LogP contribution >= 0.6 is 0 Å². The van der Waals surface area contributed by atoms with Crippen LogP contribution in [0.2, 0.25) is 0 Å². The molecule has 2 rings (SSSR count). The normalized spacial score (nSPS) is 18.8. The molecule has 0 radical (unpaired) electrons. The average molecular weight is 273 g/mol. The van der Waals surface area contributed by atoms with Gasteiger partial charge in [0.15, 0.2) is 6.61 Å². The number of amides is 1. The summed E-state index contributed by atoms with van der Waals surface area (Å²) < 4.78 is 5.38. The van der Waals surface area contributed by atoms with Crippen LogP contribution in [0.15, 0.2) is 24.3 Å². The Morgan fingerprint density at radius 2 is 2.25 bits per heavy atom. The number of carbonyl (C=O) groups is 1. The molecule has 1 aromatic rings. The Balaban J connectivity index is 1.96. The predicted octanol–water partition coefficient (Wildman–Crippen LogP) is 1.35. The number of benzene rings is 1. The number of para-hydroxylation sites is 1. The number of carbonyl (C=O) groups excluding carboxylic acids is 1. The molecular weight excluding hydrogens is 254 g/mol. The summed E-state index contributed by atoms with van der Waals surface area (Å²) in [5, 5.41) is 14.7. The summed E-state index contributed by atoms with van der Waals surface area (Å²) in [6.45, 7) is 1.35. The van der Waals surface area contributed by atoms with Gasteiger partial charge in [-0.3, -0.25) is 4.79 Å². The zero-order valence-corrected chi connectivity index (χ0v) is 11.4. The second kappa shape index (κ2) is 7.51. The van der Waals surface area contributed by atoms with Crippen LogP contribution in [0.1, 0.15) is 24.8 Å². The van der Waals surface area contributed by atoms with Crippen molar-refractivity contribution in [1.82, 2.24) is 10.6 Å². The quantitative estimate of drug-likeness (QED) is 0.849. The van der Waals surface area contributed by atoms with Gasteiger partial charge < -0.3 is 15.4 Å². The highest BCUT2D eigenvalue weighted by atomic mass is 16.5. The highest BCUT2D eigenvalue weighted by Gasteiger charge is 2.20. The Kier molecular flexibility index (Phi) is 5.39. The van der Waals surface area contributed by atoms with Crippen LogP contribution in [0.25, 0.3) is 0 Å². The number of nitrogens with one attached hydrogen (secondary N) is 2. The second-order valence-corrected chi connectivity index (χ2v) is 4.77. The fraction of sp³-hybridized carbons (Fsp3) is 0.467. The van der Waals surface area contributed by atoms with E-state index in [9.17, 15) is 4.79 Å². The molecule has 0 bridgehead atoms. The maximum absolute atomic E-state index is 11.8. The van der Waals surface area contributed by atoms with Gasteiger partial charge in [0.2, 0.25) is 5.91 Å². The fourth-order valence-electron chi connectivity index (χ4n) is 2.27. The smallest absolute Gasteiger partial charge is 0.237 e. The monoisotopic (exact) mass is 273 g/mol. The van der Waals surface area contributed by atoms with Gasteiger partial charge in [-0.1, -0.05) is 18.2 Å². The van der Waals surface area contributed by atoms with Crippen LogP contribution in [0.3, 0.4) is 0 Å². The van der Waals surface area contributed by atoms with Crippen molar-refractivity contribution < 1.29 is 9.53 Å². The molecule has 0 aromatic heterocycles. The Hall–Kier alpha value is -2.06. The number of rotatable bonds is 5. The summed E-state index contributed by atoms with van der Waals surface area (Å²) in [5.41, 5.74) is 0.958. The average Bonchev–Trinajstić information content (AvgIpc) is 2.68. The standard InChI is InChI=1S/C15H19N3O2/c16-8-10-20-14-7-2-1-5-12(14)11-18-13-6-3-4-9-17-15(13)19/h1-2,5,7,13,18H,3-4,6,9-11H2,(H,17,19). The molecule has 5 heteroatoms. The van der Waals surface area contributed by atoms with Crippen molar-refractivity contribution in [2.75, 3.05) is 13.2 Å². The Labute approximate surface area is 118 Å².